The van der Waals surface area contributed by atoms with Crippen LogP contribution in [0.2, 0.25) is 0 Å². The van der Waals surface area contributed by atoms with Gasteiger partial charge in [-0.15, -0.1) is 0 Å². The van der Waals surface area contributed by atoms with Crippen LogP contribution in [-0.4, -0.2) is 78.1 Å². The molecule has 10 nitrogen and oxygen atoms in total. The van der Waals surface area contributed by atoms with Gasteiger partial charge in [0.1, 0.15) is 17.3 Å². The van der Waals surface area contributed by atoms with Gasteiger partial charge in [-0.3, -0.25) is 0 Å². The van der Waals surface area contributed by atoms with Crippen LogP contribution in [-0.2, 0) is 14.9 Å². The number of morpholine rings is 1. The molecule has 3 aromatic heterocycles. The predicted molar refractivity (Wildman–Crippen MR) is 123 cm³/mol. The average molecular weight is 458 g/mol. The van der Waals surface area contributed by atoms with Crippen molar-refractivity contribution >= 4 is 32.9 Å². The number of aromatic nitrogens is 4. The SMILES string of the molecule is CCN1CCCN(c2cc(N3CCOCC3C)nc(-c3ccnc4[nH]ccc34)n2)S1(=O)=O. The molecule has 0 radical (unpaired) electrons. The number of aromatic amines is 1. The molecule has 0 aromatic carbocycles. The van der Waals surface area contributed by atoms with Gasteiger partial charge in [0.05, 0.1) is 19.3 Å². The van der Waals surface area contributed by atoms with Crippen LogP contribution in [0.1, 0.15) is 20.3 Å². The lowest BCUT2D eigenvalue weighted by molar-refractivity contribution is 0.0985. The van der Waals surface area contributed by atoms with Crippen molar-refractivity contribution in [2.75, 3.05) is 48.6 Å². The average Bonchev–Trinajstić information content (AvgIpc) is 3.28. The van der Waals surface area contributed by atoms with Gasteiger partial charge in [0.2, 0.25) is 0 Å². The van der Waals surface area contributed by atoms with E-state index in [2.05, 4.69) is 21.8 Å². The molecule has 0 amide bonds. The van der Waals surface area contributed by atoms with Crippen LogP contribution in [0.5, 0.6) is 0 Å². The van der Waals surface area contributed by atoms with Crippen LogP contribution in [0, 0.1) is 0 Å². The zero-order valence-electron chi connectivity index (χ0n) is 18.2. The van der Waals surface area contributed by atoms with Crippen molar-refractivity contribution in [3.8, 4) is 11.4 Å². The van der Waals surface area contributed by atoms with Gasteiger partial charge < -0.3 is 14.6 Å². The number of rotatable bonds is 4. The molecule has 2 saturated heterocycles. The third-order valence-electron chi connectivity index (χ3n) is 6.04. The van der Waals surface area contributed by atoms with Gasteiger partial charge in [0.25, 0.3) is 0 Å². The molecule has 1 N–H and O–H groups in total. The molecule has 11 heteroatoms. The van der Waals surface area contributed by atoms with E-state index < -0.39 is 10.2 Å². The summed E-state index contributed by atoms with van der Waals surface area (Å²) < 4.78 is 35.0. The number of pyridine rings is 1. The second kappa shape index (κ2) is 8.30. The highest BCUT2D eigenvalue weighted by Gasteiger charge is 2.34. The summed E-state index contributed by atoms with van der Waals surface area (Å²) in [5.74, 6) is 1.57. The number of nitrogens with zero attached hydrogens (tertiary/aromatic N) is 6. The Morgan fingerprint density at radius 2 is 2.03 bits per heavy atom. The Labute approximate surface area is 187 Å². The van der Waals surface area contributed by atoms with Gasteiger partial charge in [-0.1, -0.05) is 6.92 Å². The minimum absolute atomic E-state index is 0.120. The first-order valence-electron chi connectivity index (χ1n) is 10.9. The molecule has 3 aromatic rings. The summed E-state index contributed by atoms with van der Waals surface area (Å²) >= 11 is 0. The molecule has 2 aliphatic heterocycles. The minimum atomic E-state index is -3.64. The van der Waals surface area contributed by atoms with Crippen molar-refractivity contribution in [1.29, 1.82) is 0 Å². The van der Waals surface area contributed by atoms with Gasteiger partial charge in [0, 0.05) is 55.6 Å². The van der Waals surface area contributed by atoms with Gasteiger partial charge in [-0.05, 0) is 25.5 Å². The zero-order valence-corrected chi connectivity index (χ0v) is 19.0. The highest BCUT2D eigenvalue weighted by molar-refractivity contribution is 7.90. The zero-order chi connectivity index (χ0) is 22.3. The first-order valence-corrected chi connectivity index (χ1v) is 12.3. The van der Waals surface area contributed by atoms with Crippen LogP contribution < -0.4 is 9.21 Å². The first-order chi connectivity index (χ1) is 15.5. The van der Waals surface area contributed by atoms with E-state index in [0.29, 0.717) is 56.9 Å². The molecule has 0 bridgehead atoms. The molecule has 2 fully saturated rings. The van der Waals surface area contributed by atoms with Crippen molar-refractivity contribution in [3.05, 3.63) is 30.6 Å². The maximum atomic E-state index is 13.3. The summed E-state index contributed by atoms with van der Waals surface area (Å²) in [7, 11) is -3.64. The Kier molecular flexibility index (Phi) is 5.48. The maximum Gasteiger partial charge on any atom is 0.305 e. The third-order valence-corrected chi connectivity index (χ3v) is 8.06. The molecule has 32 heavy (non-hydrogen) atoms. The van der Waals surface area contributed by atoms with Crippen molar-refractivity contribution in [2.45, 2.75) is 26.3 Å². The standard InChI is InChI=1S/C21H27N7O3S/c1-3-26-9-4-10-28(32(26,29)30)19-13-18(27-11-12-31-14-15(27)2)24-21(25-19)17-6-8-23-20-16(17)5-7-22-20/h5-8,13,15H,3-4,9-12,14H2,1-2H3,(H,22,23). The monoisotopic (exact) mass is 457 g/mol. The lowest BCUT2D eigenvalue weighted by Crippen LogP contribution is -2.50. The molecule has 5 heterocycles. The summed E-state index contributed by atoms with van der Waals surface area (Å²) in [6, 6.07) is 5.71. The van der Waals surface area contributed by atoms with E-state index >= 15 is 0 Å². The third kappa shape index (κ3) is 3.59. The fourth-order valence-corrected chi connectivity index (χ4v) is 6.01. The smallest absolute Gasteiger partial charge is 0.305 e. The summed E-state index contributed by atoms with van der Waals surface area (Å²) in [5.41, 5.74) is 1.54. The second-order valence-corrected chi connectivity index (χ2v) is 9.90. The molecule has 2 aliphatic rings. The van der Waals surface area contributed by atoms with Crippen molar-refractivity contribution in [2.24, 2.45) is 0 Å². The van der Waals surface area contributed by atoms with E-state index in [1.165, 1.54) is 8.61 Å². The number of hydrogen-bond acceptors (Lipinski definition) is 7. The van der Waals surface area contributed by atoms with Crippen LogP contribution >= 0.6 is 0 Å². The fraction of sp³-hybridized carbons (Fsp3) is 0.476. The van der Waals surface area contributed by atoms with E-state index in [1.807, 2.05) is 25.3 Å². The maximum absolute atomic E-state index is 13.3. The minimum Gasteiger partial charge on any atom is -0.377 e. The van der Waals surface area contributed by atoms with E-state index in [9.17, 15) is 8.42 Å². The van der Waals surface area contributed by atoms with E-state index in [1.54, 1.807) is 12.3 Å². The molecule has 170 valence electrons. The van der Waals surface area contributed by atoms with Crippen LogP contribution in [0.15, 0.2) is 30.6 Å². The molecule has 1 atom stereocenters. The molecule has 5 rings (SSSR count). The summed E-state index contributed by atoms with van der Waals surface area (Å²) in [6.45, 7) is 7.15. The van der Waals surface area contributed by atoms with Crippen LogP contribution in [0.3, 0.4) is 0 Å². The Bertz CT molecular complexity index is 1230. The van der Waals surface area contributed by atoms with Crippen molar-refractivity contribution in [1.82, 2.24) is 24.2 Å². The van der Waals surface area contributed by atoms with Gasteiger partial charge in [-0.25, -0.2) is 19.3 Å². The number of hydrogen-bond donors (Lipinski definition) is 1. The summed E-state index contributed by atoms with van der Waals surface area (Å²) in [4.78, 5) is 19.2. The number of anilines is 2. The summed E-state index contributed by atoms with van der Waals surface area (Å²) in [5, 5.41) is 0.891. The Hall–Kier alpha value is -2.76. The molecule has 1 unspecified atom stereocenters. The lowest BCUT2D eigenvalue weighted by atomic mass is 10.1. The molecule has 0 aliphatic carbocycles. The molecular formula is C21H27N7O3S. The van der Waals surface area contributed by atoms with Gasteiger partial charge >= 0.3 is 10.2 Å². The number of nitrogens with one attached hydrogen (secondary N) is 1. The van der Waals surface area contributed by atoms with E-state index in [0.717, 1.165) is 23.0 Å². The number of ether oxygens (including phenoxy) is 1. The van der Waals surface area contributed by atoms with Crippen LogP contribution in [0.4, 0.5) is 11.6 Å². The Balaban J connectivity index is 1.67. The Morgan fingerprint density at radius 1 is 1.19 bits per heavy atom. The molecule has 0 spiro atoms. The highest BCUT2D eigenvalue weighted by atomic mass is 32.2. The second-order valence-electron chi connectivity index (χ2n) is 8.05. The van der Waals surface area contributed by atoms with Crippen molar-refractivity contribution < 1.29 is 13.2 Å². The number of fused-ring (bicyclic) bond motifs is 1. The molecular weight excluding hydrogens is 430 g/mol. The topological polar surface area (TPSA) is 108 Å². The Morgan fingerprint density at radius 3 is 2.84 bits per heavy atom. The predicted octanol–water partition coefficient (Wildman–Crippen LogP) is 2.02. The number of H-pyrrole nitrogens is 1. The van der Waals surface area contributed by atoms with Crippen LogP contribution in [0.25, 0.3) is 22.4 Å². The highest BCUT2D eigenvalue weighted by Crippen LogP contribution is 2.32. The fourth-order valence-electron chi connectivity index (χ4n) is 4.36. The largest absolute Gasteiger partial charge is 0.377 e. The lowest BCUT2D eigenvalue weighted by Gasteiger charge is -2.37. The van der Waals surface area contributed by atoms with Gasteiger partial charge in [0.15, 0.2) is 5.82 Å². The van der Waals surface area contributed by atoms with Crippen molar-refractivity contribution in [3.63, 3.8) is 0 Å². The summed E-state index contributed by atoms with van der Waals surface area (Å²) in [6.07, 6.45) is 4.27. The quantitative estimate of drug-likeness (QED) is 0.639. The van der Waals surface area contributed by atoms with E-state index in [-0.39, 0.29) is 6.04 Å². The normalized spacial score (nSPS) is 21.9. The molecule has 0 saturated carbocycles. The first kappa shape index (κ1) is 21.1. The van der Waals surface area contributed by atoms with Gasteiger partial charge in [-0.2, -0.15) is 12.7 Å². The van der Waals surface area contributed by atoms with E-state index in [4.69, 9.17) is 14.7 Å².